The minimum Gasteiger partial charge on any atom is -0.481 e. The third kappa shape index (κ3) is 5.41. The monoisotopic (exact) mass is 374 g/mol. The molecule has 0 amide bonds. The van der Waals surface area contributed by atoms with Crippen LogP contribution in [-0.2, 0) is 16.6 Å². The Kier molecular flexibility index (Phi) is 6.20. The molecular formula is C20H26O5Si. The zero-order valence-corrected chi connectivity index (χ0v) is 17.4. The summed E-state index contributed by atoms with van der Waals surface area (Å²) in [7, 11) is -0.865. The van der Waals surface area contributed by atoms with Crippen LogP contribution in [0.25, 0.3) is 0 Å². The van der Waals surface area contributed by atoms with Crippen LogP contribution in [0.1, 0.15) is 56.5 Å². The molecule has 0 fully saturated rings. The second-order valence-corrected chi connectivity index (χ2v) is 10.6. The van der Waals surface area contributed by atoms with Gasteiger partial charge in [-0.3, -0.25) is 9.59 Å². The molecule has 0 saturated heterocycles. The first-order chi connectivity index (χ1) is 12.1. The van der Waals surface area contributed by atoms with Crippen molar-refractivity contribution in [2.24, 2.45) is 0 Å². The number of carbonyl (C=O) groups is 1. The van der Waals surface area contributed by atoms with Gasteiger partial charge in [0.1, 0.15) is 18.0 Å². The molecule has 0 spiro atoms. The van der Waals surface area contributed by atoms with Crippen LogP contribution >= 0.6 is 0 Å². The first-order valence-electron chi connectivity index (χ1n) is 8.57. The minimum absolute atomic E-state index is 0.0727. The standard InChI is InChI=1S/C20H26O5Si/c1-19(2,3)26-25-20(4,5)17-11-15(22)18(16(12-21)24-17)23-13-14-9-7-6-8-10-14/h6-12H,13,26H2,1-5H3. The molecule has 0 atom stereocenters. The van der Waals surface area contributed by atoms with Gasteiger partial charge in [-0.15, -0.1) is 0 Å². The molecule has 1 aromatic carbocycles. The fourth-order valence-electron chi connectivity index (χ4n) is 2.21. The van der Waals surface area contributed by atoms with E-state index >= 15 is 0 Å². The Morgan fingerprint density at radius 3 is 2.35 bits per heavy atom. The predicted octanol–water partition coefficient (Wildman–Crippen LogP) is 3.59. The Bertz CT molecular complexity index is 803. The van der Waals surface area contributed by atoms with Gasteiger partial charge in [-0.1, -0.05) is 51.1 Å². The predicted molar refractivity (Wildman–Crippen MR) is 104 cm³/mol. The van der Waals surface area contributed by atoms with Crippen molar-refractivity contribution in [2.45, 2.75) is 51.9 Å². The van der Waals surface area contributed by atoms with Crippen LogP contribution in [0.4, 0.5) is 0 Å². The van der Waals surface area contributed by atoms with E-state index in [0.717, 1.165) is 5.56 Å². The summed E-state index contributed by atoms with van der Waals surface area (Å²) in [5, 5.41) is 0.101. The van der Waals surface area contributed by atoms with E-state index in [1.54, 1.807) is 0 Å². The molecule has 0 N–H and O–H groups in total. The van der Waals surface area contributed by atoms with Crippen molar-refractivity contribution in [1.29, 1.82) is 0 Å². The molecule has 0 radical (unpaired) electrons. The van der Waals surface area contributed by atoms with Crippen LogP contribution in [0.3, 0.4) is 0 Å². The van der Waals surface area contributed by atoms with Gasteiger partial charge in [0.05, 0.1) is 0 Å². The van der Waals surface area contributed by atoms with Gasteiger partial charge < -0.3 is 13.6 Å². The molecule has 1 aromatic heterocycles. The lowest BCUT2D eigenvalue weighted by Crippen LogP contribution is -2.29. The molecule has 140 valence electrons. The molecule has 26 heavy (non-hydrogen) atoms. The van der Waals surface area contributed by atoms with E-state index in [-0.39, 0.29) is 23.2 Å². The van der Waals surface area contributed by atoms with Gasteiger partial charge in [0, 0.05) is 6.07 Å². The maximum atomic E-state index is 12.5. The molecule has 0 saturated carbocycles. The van der Waals surface area contributed by atoms with Gasteiger partial charge in [-0.25, -0.2) is 0 Å². The summed E-state index contributed by atoms with van der Waals surface area (Å²) in [6.07, 6.45) is 0.502. The van der Waals surface area contributed by atoms with Crippen LogP contribution < -0.4 is 10.2 Å². The summed E-state index contributed by atoms with van der Waals surface area (Å²) in [5.41, 5.74) is -0.278. The van der Waals surface area contributed by atoms with Gasteiger partial charge in [0.2, 0.25) is 16.9 Å². The Labute approximate surface area is 156 Å². The van der Waals surface area contributed by atoms with Crippen molar-refractivity contribution in [2.75, 3.05) is 0 Å². The normalized spacial score (nSPS) is 12.5. The zero-order chi connectivity index (χ0) is 19.4. The molecule has 5 nitrogen and oxygen atoms in total. The van der Waals surface area contributed by atoms with Gasteiger partial charge in [-0.2, -0.15) is 0 Å². The lowest BCUT2D eigenvalue weighted by molar-refractivity contribution is 0.0766. The molecule has 1 heterocycles. The molecule has 0 bridgehead atoms. The van der Waals surface area contributed by atoms with Gasteiger partial charge in [0.15, 0.2) is 16.0 Å². The Hall–Kier alpha value is -2.18. The minimum atomic E-state index is -0.865. The highest BCUT2D eigenvalue weighted by molar-refractivity contribution is 6.31. The fourth-order valence-corrected chi connectivity index (χ4v) is 3.15. The fraction of sp³-hybridized carbons (Fsp3) is 0.400. The zero-order valence-electron chi connectivity index (χ0n) is 16.0. The second kappa shape index (κ2) is 8.01. The maximum absolute atomic E-state index is 12.5. The maximum Gasteiger partial charge on any atom is 0.227 e. The van der Waals surface area contributed by atoms with E-state index in [4.69, 9.17) is 13.6 Å². The summed E-state index contributed by atoms with van der Waals surface area (Å²) in [6.45, 7) is 10.2. The smallest absolute Gasteiger partial charge is 0.227 e. The van der Waals surface area contributed by atoms with Gasteiger partial charge >= 0.3 is 0 Å². The van der Waals surface area contributed by atoms with E-state index in [0.29, 0.717) is 12.0 Å². The van der Waals surface area contributed by atoms with Gasteiger partial charge in [0.25, 0.3) is 0 Å². The third-order valence-corrected chi connectivity index (χ3v) is 5.45. The van der Waals surface area contributed by atoms with Crippen molar-refractivity contribution in [3.8, 4) is 5.75 Å². The third-order valence-electron chi connectivity index (χ3n) is 3.72. The first-order valence-corrected chi connectivity index (χ1v) is 9.85. The molecule has 0 aliphatic carbocycles. The summed E-state index contributed by atoms with van der Waals surface area (Å²) in [5.74, 6) is 0.141. The highest BCUT2D eigenvalue weighted by Gasteiger charge is 2.29. The number of hydrogen-bond donors (Lipinski definition) is 0. The average Bonchev–Trinajstić information content (AvgIpc) is 2.58. The summed E-state index contributed by atoms with van der Waals surface area (Å²) < 4.78 is 17.3. The Morgan fingerprint density at radius 1 is 1.12 bits per heavy atom. The molecule has 2 aromatic rings. The summed E-state index contributed by atoms with van der Waals surface area (Å²) in [6, 6.07) is 10.8. The van der Waals surface area contributed by atoms with E-state index in [1.165, 1.54) is 6.07 Å². The van der Waals surface area contributed by atoms with E-state index in [2.05, 4.69) is 20.8 Å². The molecule has 0 aliphatic heterocycles. The highest BCUT2D eigenvalue weighted by atomic mass is 28.2. The molecular weight excluding hydrogens is 348 g/mol. The second-order valence-electron chi connectivity index (χ2n) is 7.92. The molecule has 0 unspecified atom stereocenters. The van der Waals surface area contributed by atoms with Crippen LogP contribution in [0, 0.1) is 0 Å². The number of benzene rings is 1. The lowest BCUT2D eigenvalue weighted by Gasteiger charge is -2.29. The van der Waals surface area contributed by atoms with Crippen molar-refractivity contribution in [3.05, 3.63) is 63.7 Å². The van der Waals surface area contributed by atoms with E-state index < -0.39 is 20.8 Å². The van der Waals surface area contributed by atoms with Crippen molar-refractivity contribution in [3.63, 3.8) is 0 Å². The van der Waals surface area contributed by atoms with Crippen LogP contribution in [-0.4, -0.2) is 16.0 Å². The van der Waals surface area contributed by atoms with Crippen molar-refractivity contribution < 1.29 is 18.4 Å². The molecule has 0 aliphatic rings. The van der Waals surface area contributed by atoms with Crippen LogP contribution in [0.15, 0.2) is 45.6 Å². The largest absolute Gasteiger partial charge is 0.481 e. The topological polar surface area (TPSA) is 65.7 Å². The average molecular weight is 375 g/mol. The van der Waals surface area contributed by atoms with E-state index in [1.807, 2.05) is 44.2 Å². The molecule has 2 rings (SSSR count). The SMILES string of the molecule is CC(C)(C)[SiH2]OC(C)(C)c1cc(=O)c(OCc2ccccc2)c(C=O)o1. The summed E-state index contributed by atoms with van der Waals surface area (Å²) in [4.78, 5) is 23.9. The van der Waals surface area contributed by atoms with Crippen LogP contribution in [0.5, 0.6) is 5.75 Å². The van der Waals surface area contributed by atoms with Crippen molar-refractivity contribution in [1.82, 2.24) is 0 Å². The Morgan fingerprint density at radius 2 is 1.77 bits per heavy atom. The Balaban J connectivity index is 2.25. The molecule has 6 heteroatoms. The number of carbonyl (C=O) groups excluding carboxylic acids is 1. The number of ether oxygens (including phenoxy) is 1. The van der Waals surface area contributed by atoms with E-state index in [9.17, 15) is 9.59 Å². The number of rotatable bonds is 7. The van der Waals surface area contributed by atoms with Crippen LogP contribution in [0.2, 0.25) is 5.04 Å². The lowest BCUT2D eigenvalue weighted by atomic mass is 10.1. The first kappa shape index (κ1) is 20.1. The number of hydrogen-bond acceptors (Lipinski definition) is 5. The van der Waals surface area contributed by atoms with Gasteiger partial charge in [-0.05, 0) is 24.4 Å². The highest BCUT2D eigenvalue weighted by Crippen LogP contribution is 2.30. The number of aldehydes is 1. The summed E-state index contributed by atoms with van der Waals surface area (Å²) >= 11 is 0. The van der Waals surface area contributed by atoms with Crippen molar-refractivity contribution >= 4 is 16.0 Å². The quantitative estimate of drug-likeness (QED) is 0.547.